The summed E-state index contributed by atoms with van der Waals surface area (Å²) in [6.45, 7) is 3.34. The van der Waals surface area contributed by atoms with Crippen molar-refractivity contribution in [2.75, 3.05) is 13.1 Å². The average Bonchev–Trinajstić information content (AvgIpc) is 2.23. The average molecular weight is 225 g/mol. The number of nitrogens with one attached hydrogen (secondary N) is 2. The standard InChI is InChI=1S/C11H13ClN2O/c1-11(10(15)13-6-7-14-11)8-2-4-9(12)5-3-8/h2-5,14H,6-7H2,1H3,(H,13,15). The van der Waals surface area contributed by atoms with Crippen LogP contribution in [0.15, 0.2) is 24.3 Å². The van der Waals surface area contributed by atoms with Crippen molar-refractivity contribution in [2.24, 2.45) is 0 Å². The highest BCUT2D eigenvalue weighted by Gasteiger charge is 2.36. The number of hydrogen-bond acceptors (Lipinski definition) is 2. The van der Waals surface area contributed by atoms with Crippen LogP contribution in [0, 0.1) is 0 Å². The van der Waals surface area contributed by atoms with E-state index in [2.05, 4.69) is 10.6 Å². The predicted octanol–water partition coefficient (Wildman–Crippen LogP) is 1.27. The Hall–Kier alpha value is -1.06. The number of rotatable bonds is 1. The topological polar surface area (TPSA) is 41.1 Å². The highest BCUT2D eigenvalue weighted by atomic mass is 35.5. The van der Waals surface area contributed by atoms with E-state index in [0.29, 0.717) is 11.6 Å². The van der Waals surface area contributed by atoms with Crippen LogP contribution in [-0.2, 0) is 10.3 Å². The zero-order valence-electron chi connectivity index (χ0n) is 8.51. The van der Waals surface area contributed by atoms with Crippen molar-refractivity contribution in [1.29, 1.82) is 0 Å². The summed E-state index contributed by atoms with van der Waals surface area (Å²) in [6, 6.07) is 7.35. The molecule has 1 amide bonds. The summed E-state index contributed by atoms with van der Waals surface area (Å²) in [6.07, 6.45) is 0. The maximum atomic E-state index is 11.8. The summed E-state index contributed by atoms with van der Waals surface area (Å²) in [5.74, 6) is 0.0103. The molecule has 1 aliphatic rings. The molecule has 0 saturated carbocycles. The minimum Gasteiger partial charge on any atom is -0.353 e. The van der Waals surface area contributed by atoms with Crippen LogP contribution in [0.25, 0.3) is 0 Å². The van der Waals surface area contributed by atoms with Crippen LogP contribution in [-0.4, -0.2) is 19.0 Å². The summed E-state index contributed by atoms with van der Waals surface area (Å²) >= 11 is 5.81. The molecule has 1 saturated heterocycles. The first-order valence-corrected chi connectivity index (χ1v) is 5.30. The van der Waals surface area contributed by atoms with Gasteiger partial charge in [0.15, 0.2) is 0 Å². The fourth-order valence-corrected chi connectivity index (χ4v) is 1.89. The first-order valence-electron chi connectivity index (χ1n) is 4.92. The Morgan fingerprint density at radius 2 is 1.93 bits per heavy atom. The van der Waals surface area contributed by atoms with Gasteiger partial charge in [0, 0.05) is 18.1 Å². The third-order valence-corrected chi connectivity index (χ3v) is 3.02. The Morgan fingerprint density at radius 1 is 1.27 bits per heavy atom. The molecule has 1 aromatic rings. The number of halogens is 1. The molecule has 2 rings (SSSR count). The monoisotopic (exact) mass is 224 g/mol. The Balaban J connectivity index is 2.35. The number of benzene rings is 1. The van der Waals surface area contributed by atoms with Crippen molar-refractivity contribution < 1.29 is 4.79 Å². The lowest BCUT2D eigenvalue weighted by molar-refractivity contribution is -0.128. The van der Waals surface area contributed by atoms with Gasteiger partial charge in [-0.15, -0.1) is 0 Å². The molecule has 0 aliphatic carbocycles. The molecule has 1 atom stereocenters. The lowest BCUT2D eigenvalue weighted by Crippen LogP contribution is -2.59. The van der Waals surface area contributed by atoms with Crippen LogP contribution < -0.4 is 10.6 Å². The second kappa shape index (κ2) is 3.83. The van der Waals surface area contributed by atoms with Crippen molar-refractivity contribution in [3.8, 4) is 0 Å². The third-order valence-electron chi connectivity index (χ3n) is 2.76. The van der Waals surface area contributed by atoms with E-state index in [-0.39, 0.29) is 5.91 Å². The molecule has 1 aromatic carbocycles. The largest absolute Gasteiger partial charge is 0.353 e. The van der Waals surface area contributed by atoms with E-state index < -0.39 is 5.54 Å². The van der Waals surface area contributed by atoms with Crippen LogP contribution in [0.3, 0.4) is 0 Å². The van der Waals surface area contributed by atoms with Crippen molar-refractivity contribution >= 4 is 17.5 Å². The van der Waals surface area contributed by atoms with Crippen molar-refractivity contribution in [2.45, 2.75) is 12.5 Å². The Morgan fingerprint density at radius 3 is 2.53 bits per heavy atom. The molecule has 2 N–H and O–H groups in total. The third kappa shape index (κ3) is 1.85. The minimum atomic E-state index is -0.636. The Bertz CT molecular complexity index is 377. The molecule has 15 heavy (non-hydrogen) atoms. The van der Waals surface area contributed by atoms with Crippen LogP contribution >= 0.6 is 11.6 Å². The highest BCUT2D eigenvalue weighted by Crippen LogP contribution is 2.23. The maximum absolute atomic E-state index is 11.8. The number of piperazine rings is 1. The van der Waals surface area contributed by atoms with Crippen LogP contribution in [0.4, 0.5) is 0 Å². The maximum Gasteiger partial charge on any atom is 0.244 e. The molecule has 0 spiro atoms. The lowest BCUT2D eigenvalue weighted by atomic mass is 9.89. The summed E-state index contributed by atoms with van der Waals surface area (Å²) in [4.78, 5) is 11.8. The van der Waals surface area contributed by atoms with Gasteiger partial charge in [0.2, 0.25) is 5.91 Å². The molecule has 0 aromatic heterocycles. The molecule has 1 unspecified atom stereocenters. The summed E-state index contributed by atoms with van der Waals surface area (Å²) < 4.78 is 0. The van der Waals surface area contributed by atoms with Gasteiger partial charge in [0.05, 0.1) is 0 Å². The summed E-state index contributed by atoms with van der Waals surface area (Å²) in [5, 5.41) is 6.76. The van der Waals surface area contributed by atoms with Crippen LogP contribution in [0.5, 0.6) is 0 Å². The molecule has 1 aliphatic heterocycles. The molecular formula is C11H13ClN2O. The molecule has 1 heterocycles. The van der Waals surface area contributed by atoms with Gasteiger partial charge in [-0.3, -0.25) is 10.1 Å². The molecule has 1 fully saturated rings. The van der Waals surface area contributed by atoms with Crippen molar-refractivity contribution in [1.82, 2.24) is 10.6 Å². The molecule has 0 radical (unpaired) electrons. The second-order valence-corrected chi connectivity index (χ2v) is 4.25. The van der Waals surface area contributed by atoms with E-state index in [0.717, 1.165) is 12.1 Å². The molecule has 4 heteroatoms. The number of carbonyl (C=O) groups excluding carboxylic acids is 1. The zero-order chi connectivity index (χ0) is 10.9. The molecular weight excluding hydrogens is 212 g/mol. The second-order valence-electron chi connectivity index (χ2n) is 3.81. The number of hydrogen-bond donors (Lipinski definition) is 2. The first kappa shape index (κ1) is 10.5. The van der Waals surface area contributed by atoms with Gasteiger partial charge in [-0.1, -0.05) is 23.7 Å². The zero-order valence-corrected chi connectivity index (χ0v) is 9.27. The predicted molar refractivity (Wildman–Crippen MR) is 59.8 cm³/mol. The molecule has 80 valence electrons. The summed E-state index contributed by atoms with van der Waals surface area (Å²) in [5.41, 5.74) is 0.298. The normalized spacial score (nSPS) is 26.1. The van der Waals surface area contributed by atoms with Crippen LogP contribution in [0.1, 0.15) is 12.5 Å². The van der Waals surface area contributed by atoms with E-state index in [1.165, 1.54) is 0 Å². The highest BCUT2D eigenvalue weighted by molar-refractivity contribution is 6.30. The SMILES string of the molecule is CC1(c2ccc(Cl)cc2)NCCNC1=O. The Kier molecular flexibility index (Phi) is 2.67. The Labute approximate surface area is 93.8 Å². The first-order chi connectivity index (χ1) is 7.13. The fourth-order valence-electron chi connectivity index (χ4n) is 1.76. The van der Waals surface area contributed by atoms with Gasteiger partial charge in [-0.25, -0.2) is 0 Å². The van der Waals surface area contributed by atoms with E-state index in [9.17, 15) is 4.79 Å². The quantitative estimate of drug-likeness (QED) is 0.755. The fraction of sp³-hybridized carbons (Fsp3) is 0.364. The van der Waals surface area contributed by atoms with E-state index in [1.54, 1.807) is 12.1 Å². The van der Waals surface area contributed by atoms with Gasteiger partial charge in [0.1, 0.15) is 5.54 Å². The van der Waals surface area contributed by atoms with E-state index in [4.69, 9.17) is 11.6 Å². The van der Waals surface area contributed by atoms with Gasteiger partial charge in [-0.2, -0.15) is 0 Å². The lowest BCUT2D eigenvalue weighted by Gasteiger charge is -2.34. The van der Waals surface area contributed by atoms with Crippen LogP contribution in [0.2, 0.25) is 5.02 Å². The molecule has 0 bridgehead atoms. The number of amides is 1. The van der Waals surface area contributed by atoms with Gasteiger partial charge >= 0.3 is 0 Å². The van der Waals surface area contributed by atoms with Gasteiger partial charge < -0.3 is 5.32 Å². The smallest absolute Gasteiger partial charge is 0.244 e. The van der Waals surface area contributed by atoms with E-state index in [1.807, 2.05) is 19.1 Å². The number of carbonyl (C=O) groups is 1. The molecule has 3 nitrogen and oxygen atoms in total. The van der Waals surface area contributed by atoms with E-state index >= 15 is 0 Å². The van der Waals surface area contributed by atoms with Gasteiger partial charge in [0.25, 0.3) is 0 Å². The van der Waals surface area contributed by atoms with Crippen molar-refractivity contribution in [3.05, 3.63) is 34.9 Å². The van der Waals surface area contributed by atoms with Gasteiger partial charge in [-0.05, 0) is 24.6 Å². The minimum absolute atomic E-state index is 0.0103. The summed E-state index contributed by atoms with van der Waals surface area (Å²) in [7, 11) is 0. The van der Waals surface area contributed by atoms with Crippen molar-refractivity contribution in [3.63, 3.8) is 0 Å².